The highest BCUT2D eigenvalue weighted by Gasteiger charge is 2.28. The quantitative estimate of drug-likeness (QED) is 0.455. The lowest BCUT2D eigenvalue weighted by atomic mass is 9.97. The van der Waals surface area contributed by atoms with Crippen molar-refractivity contribution in [1.82, 2.24) is 0 Å². The largest absolute Gasteiger partial charge is 0.514 e. The first-order valence-electron chi connectivity index (χ1n) is 6.99. The Morgan fingerprint density at radius 3 is 2.43 bits per heavy atom. The van der Waals surface area contributed by atoms with Crippen LogP contribution < -0.4 is 4.74 Å². The standard InChI is InChI=1S/C17H14O6/c1-17(2,3)23-16(20)21-10-7-9-5-4-6-11-13(9)12(8-10)15(19)22-14(11)18/h4-8H,1-3H3. The third kappa shape index (κ3) is 2.88. The van der Waals surface area contributed by atoms with Gasteiger partial charge in [-0.2, -0.15) is 0 Å². The molecule has 0 aromatic heterocycles. The fourth-order valence-corrected chi connectivity index (χ4v) is 2.35. The molecule has 2 aromatic carbocycles. The number of esters is 2. The van der Waals surface area contributed by atoms with Gasteiger partial charge in [-0.05, 0) is 44.4 Å². The molecule has 1 aliphatic rings. The van der Waals surface area contributed by atoms with Gasteiger partial charge < -0.3 is 14.2 Å². The molecule has 23 heavy (non-hydrogen) atoms. The number of hydrogen-bond acceptors (Lipinski definition) is 6. The molecule has 0 aliphatic carbocycles. The molecule has 2 aromatic rings. The van der Waals surface area contributed by atoms with E-state index in [1.807, 2.05) is 0 Å². The lowest BCUT2D eigenvalue weighted by Gasteiger charge is -2.20. The van der Waals surface area contributed by atoms with Gasteiger partial charge >= 0.3 is 18.1 Å². The van der Waals surface area contributed by atoms with Crippen LogP contribution in [0.3, 0.4) is 0 Å². The third-order valence-electron chi connectivity index (χ3n) is 3.17. The molecule has 0 atom stereocenters. The Hall–Kier alpha value is -2.89. The minimum atomic E-state index is -0.875. The lowest BCUT2D eigenvalue weighted by molar-refractivity contribution is 0.0203. The van der Waals surface area contributed by atoms with Crippen molar-refractivity contribution in [1.29, 1.82) is 0 Å². The monoisotopic (exact) mass is 314 g/mol. The van der Waals surface area contributed by atoms with Gasteiger partial charge in [0.2, 0.25) is 0 Å². The van der Waals surface area contributed by atoms with Crippen LogP contribution in [-0.4, -0.2) is 23.7 Å². The van der Waals surface area contributed by atoms with Crippen molar-refractivity contribution >= 4 is 28.9 Å². The fourth-order valence-electron chi connectivity index (χ4n) is 2.35. The second-order valence-electron chi connectivity index (χ2n) is 6.12. The summed E-state index contributed by atoms with van der Waals surface area (Å²) in [5, 5.41) is 1.09. The van der Waals surface area contributed by atoms with Crippen molar-refractivity contribution in [2.24, 2.45) is 0 Å². The summed E-state index contributed by atoms with van der Waals surface area (Å²) in [6.07, 6.45) is -0.875. The highest BCUT2D eigenvalue weighted by Crippen LogP contribution is 2.32. The van der Waals surface area contributed by atoms with Gasteiger partial charge in [-0.25, -0.2) is 14.4 Å². The van der Waals surface area contributed by atoms with Gasteiger partial charge in [0.15, 0.2) is 0 Å². The summed E-state index contributed by atoms with van der Waals surface area (Å²) in [7, 11) is 0. The number of carbonyl (C=O) groups is 3. The zero-order valence-corrected chi connectivity index (χ0v) is 12.8. The van der Waals surface area contributed by atoms with E-state index in [1.54, 1.807) is 45.0 Å². The molecule has 0 spiro atoms. The highest BCUT2D eigenvalue weighted by atomic mass is 16.7. The topological polar surface area (TPSA) is 78.9 Å². The Balaban J connectivity index is 2.04. The van der Waals surface area contributed by atoms with Crippen LogP contribution in [0.1, 0.15) is 41.5 Å². The van der Waals surface area contributed by atoms with E-state index in [0.29, 0.717) is 16.3 Å². The first-order valence-corrected chi connectivity index (χ1v) is 6.99. The molecule has 6 nitrogen and oxygen atoms in total. The molecule has 0 amide bonds. The first-order chi connectivity index (χ1) is 10.7. The van der Waals surface area contributed by atoms with Gasteiger partial charge in [0.25, 0.3) is 0 Å². The van der Waals surface area contributed by atoms with Crippen molar-refractivity contribution < 1.29 is 28.6 Å². The molecule has 1 aliphatic heterocycles. The van der Waals surface area contributed by atoms with E-state index in [-0.39, 0.29) is 11.3 Å². The summed E-state index contributed by atoms with van der Waals surface area (Å²) in [6.45, 7) is 5.15. The second kappa shape index (κ2) is 5.08. The number of benzene rings is 2. The van der Waals surface area contributed by atoms with Crippen LogP contribution in [0, 0.1) is 0 Å². The van der Waals surface area contributed by atoms with Gasteiger partial charge in [-0.1, -0.05) is 12.1 Å². The molecule has 0 saturated heterocycles. The summed E-state index contributed by atoms with van der Waals surface area (Å²) in [5.41, 5.74) is -0.210. The van der Waals surface area contributed by atoms with Crippen LogP contribution in [0.25, 0.3) is 10.8 Å². The van der Waals surface area contributed by atoms with Crippen molar-refractivity contribution in [2.45, 2.75) is 26.4 Å². The normalized spacial score (nSPS) is 13.7. The Bertz CT molecular complexity index is 844. The number of rotatable bonds is 1. The van der Waals surface area contributed by atoms with E-state index < -0.39 is 23.7 Å². The summed E-state index contributed by atoms with van der Waals surface area (Å²) in [4.78, 5) is 35.5. The molecule has 0 bridgehead atoms. The fraction of sp³-hybridized carbons (Fsp3) is 0.235. The van der Waals surface area contributed by atoms with Crippen LogP contribution in [0.4, 0.5) is 4.79 Å². The number of carbonyl (C=O) groups excluding carboxylic acids is 3. The molecule has 0 radical (unpaired) electrons. The van der Waals surface area contributed by atoms with Crippen LogP contribution >= 0.6 is 0 Å². The predicted molar refractivity (Wildman–Crippen MR) is 80.6 cm³/mol. The lowest BCUT2D eigenvalue weighted by Crippen LogP contribution is -2.26. The van der Waals surface area contributed by atoms with E-state index in [9.17, 15) is 14.4 Å². The van der Waals surface area contributed by atoms with Gasteiger partial charge in [0, 0.05) is 5.39 Å². The van der Waals surface area contributed by atoms with E-state index in [4.69, 9.17) is 14.2 Å². The number of cyclic esters (lactones) is 2. The van der Waals surface area contributed by atoms with Crippen molar-refractivity contribution in [3.63, 3.8) is 0 Å². The van der Waals surface area contributed by atoms with Crippen molar-refractivity contribution in [3.8, 4) is 5.75 Å². The SMILES string of the molecule is CC(C)(C)OC(=O)Oc1cc2c3c(cccc3c1)C(=O)OC2=O. The summed E-state index contributed by atoms with van der Waals surface area (Å²) < 4.78 is 14.9. The van der Waals surface area contributed by atoms with Gasteiger partial charge in [0.1, 0.15) is 11.4 Å². The van der Waals surface area contributed by atoms with E-state index in [2.05, 4.69) is 0 Å². The maximum atomic E-state index is 11.9. The number of hydrogen-bond donors (Lipinski definition) is 0. The second-order valence-corrected chi connectivity index (χ2v) is 6.12. The van der Waals surface area contributed by atoms with Crippen LogP contribution in [0.5, 0.6) is 5.75 Å². The molecule has 6 heteroatoms. The minimum Gasteiger partial charge on any atom is -0.428 e. The predicted octanol–water partition coefficient (Wildman–Crippen LogP) is 3.46. The molecule has 0 N–H and O–H groups in total. The summed E-state index contributed by atoms with van der Waals surface area (Å²) in [5.74, 6) is -1.31. The maximum Gasteiger partial charge on any atom is 0.514 e. The van der Waals surface area contributed by atoms with Crippen molar-refractivity contribution in [2.75, 3.05) is 0 Å². The minimum absolute atomic E-state index is 0.144. The van der Waals surface area contributed by atoms with E-state index in [0.717, 1.165) is 0 Å². The highest BCUT2D eigenvalue weighted by molar-refractivity contribution is 6.21. The van der Waals surface area contributed by atoms with Crippen LogP contribution in [-0.2, 0) is 9.47 Å². The van der Waals surface area contributed by atoms with Gasteiger partial charge in [0.05, 0.1) is 11.1 Å². The maximum absolute atomic E-state index is 11.9. The van der Waals surface area contributed by atoms with E-state index >= 15 is 0 Å². The zero-order valence-electron chi connectivity index (χ0n) is 12.8. The van der Waals surface area contributed by atoms with Crippen LogP contribution in [0.2, 0.25) is 0 Å². The average molecular weight is 314 g/mol. The number of ether oxygens (including phenoxy) is 3. The molecule has 3 rings (SSSR count). The molecule has 0 fully saturated rings. The zero-order chi connectivity index (χ0) is 16.8. The molecule has 0 saturated carbocycles. The average Bonchev–Trinajstić information content (AvgIpc) is 2.42. The van der Waals surface area contributed by atoms with E-state index in [1.165, 1.54) is 6.07 Å². The summed E-state index contributed by atoms with van der Waals surface area (Å²) in [6, 6.07) is 7.89. The molecule has 0 unspecified atom stereocenters. The van der Waals surface area contributed by atoms with Gasteiger partial charge in [-0.3, -0.25) is 0 Å². The van der Waals surface area contributed by atoms with Gasteiger partial charge in [-0.15, -0.1) is 0 Å². The first kappa shape index (κ1) is 15.0. The summed E-state index contributed by atoms with van der Waals surface area (Å²) >= 11 is 0. The van der Waals surface area contributed by atoms with Crippen LogP contribution in [0.15, 0.2) is 30.3 Å². The molecular formula is C17H14O6. The Morgan fingerprint density at radius 1 is 1.04 bits per heavy atom. The Kier molecular flexibility index (Phi) is 3.32. The molecule has 1 heterocycles. The third-order valence-corrected chi connectivity index (χ3v) is 3.17. The Morgan fingerprint density at radius 2 is 1.74 bits per heavy atom. The molecule has 118 valence electrons. The smallest absolute Gasteiger partial charge is 0.428 e. The van der Waals surface area contributed by atoms with Crippen molar-refractivity contribution in [3.05, 3.63) is 41.5 Å². The molecular weight excluding hydrogens is 300 g/mol. The Labute approximate surface area is 131 Å².